The Kier molecular flexibility index (Phi) is 6.11. The second-order valence-electron chi connectivity index (χ2n) is 6.92. The Balaban J connectivity index is 1.58. The molecule has 0 aliphatic rings. The van der Waals surface area contributed by atoms with Crippen LogP contribution in [0.2, 0.25) is 5.22 Å². The first kappa shape index (κ1) is 21.4. The number of furan rings is 1. The zero-order valence-electron chi connectivity index (χ0n) is 17.0. The van der Waals surface area contributed by atoms with Crippen molar-refractivity contribution in [2.45, 2.75) is 6.61 Å². The number of carbonyl (C=O) groups excluding carboxylic acids is 1. The van der Waals surface area contributed by atoms with Gasteiger partial charge in [0.15, 0.2) is 16.8 Å². The van der Waals surface area contributed by atoms with Crippen LogP contribution < -0.4 is 10.4 Å². The number of benzene rings is 2. The molecular weight excluding hydrogens is 432 g/mol. The number of aliphatic hydroxyl groups is 1. The number of hydrogen-bond acceptors (Lipinski definition) is 5. The normalized spacial score (nSPS) is 11.2. The van der Waals surface area contributed by atoms with E-state index in [0.29, 0.717) is 34.0 Å². The van der Waals surface area contributed by atoms with Gasteiger partial charge in [-0.25, -0.2) is 4.79 Å². The maximum Gasteiger partial charge on any atom is 0.330 e. The number of nitrogens with one attached hydrogen (secondary N) is 1. The maximum absolute atomic E-state index is 12.7. The van der Waals surface area contributed by atoms with Gasteiger partial charge in [0.2, 0.25) is 0 Å². The van der Waals surface area contributed by atoms with E-state index in [1.54, 1.807) is 66.9 Å². The van der Waals surface area contributed by atoms with Crippen molar-refractivity contribution in [2.24, 2.45) is 0 Å². The van der Waals surface area contributed by atoms with E-state index in [-0.39, 0.29) is 23.3 Å². The number of nitrogens with zero attached hydrogens (tertiary/aromatic N) is 1. The third-order valence-corrected chi connectivity index (χ3v) is 5.08. The molecule has 0 radical (unpaired) electrons. The van der Waals surface area contributed by atoms with E-state index in [0.717, 1.165) is 5.56 Å². The van der Waals surface area contributed by atoms with Gasteiger partial charge < -0.3 is 19.2 Å². The van der Waals surface area contributed by atoms with Gasteiger partial charge in [0.25, 0.3) is 0 Å². The lowest BCUT2D eigenvalue weighted by atomic mass is 10.1. The summed E-state index contributed by atoms with van der Waals surface area (Å²) in [7, 11) is 1.52. The van der Waals surface area contributed by atoms with Gasteiger partial charge in [0.1, 0.15) is 11.4 Å². The molecule has 2 heterocycles. The molecule has 32 heavy (non-hydrogen) atoms. The third-order valence-electron chi connectivity index (χ3n) is 4.87. The van der Waals surface area contributed by atoms with Gasteiger partial charge in [-0.2, -0.15) is 0 Å². The summed E-state index contributed by atoms with van der Waals surface area (Å²) >= 11 is 5.81. The van der Waals surface area contributed by atoms with E-state index < -0.39 is 0 Å². The van der Waals surface area contributed by atoms with Gasteiger partial charge >= 0.3 is 5.69 Å². The highest BCUT2D eigenvalue weighted by molar-refractivity contribution is 6.29. The molecule has 4 aromatic rings. The van der Waals surface area contributed by atoms with Crippen molar-refractivity contribution < 1.29 is 19.1 Å². The summed E-state index contributed by atoms with van der Waals surface area (Å²) < 4.78 is 12.0. The molecule has 0 bridgehead atoms. The molecule has 0 saturated heterocycles. The van der Waals surface area contributed by atoms with Crippen molar-refractivity contribution in [3.05, 3.63) is 99.3 Å². The van der Waals surface area contributed by atoms with Gasteiger partial charge in [0, 0.05) is 17.3 Å². The minimum Gasteiger partial charge on any atom is -0.496 e. The average Bonchev–Trinajstić information content (AvgIpc) is 3.42. The molecule has 2 N–H and O–H groups in total. The summed E-state index contributed by atoms with van der Waals surface area (Å²) in [6.07, 6.45) is 4.70. The fraction of sp³-hybridized carbons (Fsp3) is 0.0833. The minimum atomic E-state index is -0.372. The summed E-state index contributed by atoms with van der Waals surface area (Å²) in [5, 5.41) is 9.54. The largest absolute Gasteiger partial charge is 0.496 e. The second kappa shape index (κ2) is 9.13. The second-order valence-corrected chi connectivity index (χ2v) is 7.30. The van der Waals surface area contributed by atoms with Crippen LogP contribution in [0.4, 0.5) is 0 Å². The monoisotopic (exact) mass is 450 g/mol. The van der Waals surface area contributed by atoms with Gasteiger partial charge in [-0.1, -0.05) is 30.3 Å². The van der Waals surface area contributed by atoms with Crippen LogP contribution in [-0.2, 0) is 6.61 Å². The van der Waals surface area contributed by atoms with Crippen molar-refractivity contribution in [3.8, 4) is 22.9 Å². The number of carbonyl (C=O) groups is 1. The number of hydrogen-bond donors (Lipinski definition) is 2. The van der Waals surface area contributed by atoms with Gasteiger partial charge in [0.05, 0.1) is 19.4 Å². The Bertz CT molecular complexity index is 1360. The molecule has 2 aromatic carbocycles. The Morgan fingerprint density at radius 2 is 2.06 bits per heavy atom. The molecule has 0 spiro atoms. The standard InChI is InChI=1S/C24H19ClN2O5/c1-31-22-11-15(5-7-17(22)14-28)6-8-20(29)16-3-2-4-18(12-16)27-13-19(26-24(27)30)21-9-10-23(25)32-21/h2-13,28H,14H2,1H3,(H,26,30). The zero-order valence-corrected chi connectivity index (χ0v) is 17.8. The highest BCUT2D eigenvalue weighted by Gasteiger charge is 2.12. The quantitative estimate of drug-likeness (QED) is 0.319. The molecule has 0 unspecified atom stereocenters. The highest BCUT2D eigenvalue weighted by atomic mass is 35.5. The van der Waals surface area contributed by atoms with E-state index >= 15 is 0 Å². The first-order valence-corrected chi connectivity index (χ1v) is 10.0. The summed E-state index contributed by atoms with van der Waals surface area (Å²) in [6.45, 7) is -0.133. The fourth-order valence-electron chi connectivity index (χ4n) is 3.24. The number of ether oxygens (including phenoxy) is 1. The van der Waals surface area contributed by atoms with Crippen LogP contribution >= 0.6 is 11.6 Å². The zero-order chi connectivity index (χ0) is 22.7. The first-order chi connectivity index (χ1) is 15.5. The topological polar surface area (TPSA) is 97.5 Å². The van der Waals surface area contributed by atoms with Crippen molar-refractivity contribution in [3.63, 3.8) is 0 Å². The SMILES string of the molecule is COc1cc(C=CC(=O)c2cccc(-n3cc(-c4ccc(Cl)o4)[nH]c3=O)c2)ccc1CO. The highest BCUT2D eigenvalue weighted by Crippen LogP contribution is 2.24. The van der Waals surface area contributed by atoms with Gasteiger partial charge in [-0.3, -0.25) is 9.36 Å². The van der Waals surface area contributed by atoms with Crippen LogP contribution in [-0.4, -0.2) is 27.6 Å². The Morgan fingerprint density at radius 1 is 1.22 bits per heavy atom. The number of halogens is 1. The number of ketones is 1. The average molecular weight is 451 g/mol. The Labute approximate surface area is 188 Å². The maximum atomic E-state index is 12.7. The van der Waals surface area contributed by atoms with E-state index in [4.69, 9.17) is 20.8 Å². The molecule has 0 aliphatic heterocycles. The number of H-pyrrole nitrogens is 1. The number of aliphatic hydroxyl groups excluding tert-OH is 1. The van der Waals surface area contributed by atoms with Crippen molar-refractivity contribution in [1.29, 1.82) is 0 Å². The number of allylic oxidation sites excluding steroid dienone is 1. The summed E-state index contributed by atoms with van der Waals surface area (Å²) in [6, 6.07) is 15.3. The minimum absolute atomic E-state index is 0.133. The van der Waals surface area contributed by atoms with E-state index in [2.05, 4.69) is 4.98 Å². The van der Waals surface area contributed by atoms with Crippen LogP contribution in [0.15, 0.2) is 76.1 Å². The first-order valence-electron chi connectivity index (χ1n) is 9.66. The fourth-order valence-corrected chi connectivity index (χ4v) is 3.39. The van der Waals surface area contributed by atoms with Crippen molar-refractivity contribution in [2.75, 3.05) is 7.11 Å². The number of aromatic amines is 1. The van der Waals surface area contributed by atoms with E-state index in [1.165, 1.54) is 17.8 Å². The van der Waals surface area contributed by atoms with Crippen LogP contribution in [0.5, 0.6) is 5.75 Å². The number of imidazole rings is 1. The summed E-state index contributed by atoms with van der Waals surface area (Å²) in [4.78, 5) is 27.9. The number of rotatable bonds is 7. The molecule has 2 aromatic heterocycles. The lowest BCUT2D eigenvalue weighted by Crippen LogP contribution is -2.14. The Hall–Kier alpha value is -3.81. The number of aromatic nitrogens is 2. The predicted octanol–water partition coefficient (Wildman–Crippen LogP) is 4.48. The lowest BCUT2D eigenvalue weighted by Gasteiger charge is -2.06. The summed E-state index contributed by atoms with van der Waals surface area (Å²) in [5.41, 5.74) is 2.48. The molecule has 0 atom stereocenters. The Morgan fingerprint density at radius 3 is 2.78 bits per heavy atom. The van der Waals surface area contributed by atoms with Crippen LogP contribution in [0, 0.1) is 0 Å². The molecule has 7 nitrogen and oxygen atoms in total. The van der Waals surface area contributed by atoms with Crippen LogP contribution in [0.1, 0.15) is 21.5 Å². The summed E-state index contributed by atoms with van der Waals surface area (Å²) in [5.74, 6) is 0.756. The van der Waals surface area contributed by atoms with Crippen LogP contribution in [0.3, 0.4) is 0 Å². The molecule has 0 aliphatic carbocycles. The number of methoxy groups -OCH3 is 1. The molecule has 8 heteroatoms. The van der Waals surface area contributed by atoms with Crippen LogP contribution in [0.25, 0.3) is 23.2 Å². The molecule has 162 valence electrons. The van der Waals surface area contributed by atoms with E-state index in [9.17, 15) is 14.7 Å². The smallest absolute Gasteiger partial charge is 0.330 e. The van der Waals surface area contributed by atoms with Gasteiger partial charge in [-0.15, -0.1) is 0 Å². The van der Waals surface area contributed by atoms with Crippen molar-refractivity contribution in [1.82, 2.24) is 9.55 Å². The molecule has 0 fully saturated rings. The molecule has 4 rings (SSSR count). The molecule has 0 saturated carbocycles. The lowest BCUT2D eigenvalue weighted by molar-refractivity contribution is 0.104. The van der Waals surface area contributed by atoms with Crippen molar-refractivity contribution >= 4 is 23.5 Å². The predicted molar refractivity (Wildman–Crippen MR) is 121 cm³/mol. The molecular formula is C24H19ClN2O5. The third kappa shape index (κ3) is 4.44. The molecule has 0 amide bonds. The van der Waals surface area contributed by atoms with Gasteiger partial charge in [-0.05, 0) is 53.6 Å². The van der Waals surface area contributed by atoms with E-state index in [1.807, 2.05) is 0 Å².